The number of aliphatic hydroxyl groups is 1. The fourth-order valence-electron chi connectivity index (χ4n) is 4.89. The summed E-state index contributed by atoms with van der Waals surface area (Å²) in [5, 5.41) is 20.1. The van der Waals surface area contributed by atoms with E-state index in [0.29, 0.717) is 46.3 Å². The van der Waals surface area contributed by atoms with Crippen molar-refractivity contribution in [2.45, 2.75) is 44.0 Å². The first-order valence-electron chi connectivity index (χ1n) is 11.4. The first-order valence-corrected chi connectivity index (χ1v) is 11.7. The van der Waals surface area contributed by atoms with Gasteiger partial charge in [-0.25, -0.2) is 13.8 Å². The first-order chi connectivity index (χ1) is 16.8. The fourth-order valence-corrected chi connectivity index (χ4v) is 5.18. The highest BCUT2D eigenvalue weighted by Gasteiger charge is 2.43. The van der Waals surface area contributed by atoms with Gasteiger partial charge in [-0.05, 0) is 25.7 Å². The van der Waals surface area contributed by atoms with Crippen LogP contribution in [0, 0.1) is 11.7 Å². The van der Waals surface area contributed by atoms with E-state index in [9.17, 15) is 14.3 Å². The average Bonchev–Trinajstić information content (AvgIpc) is 3.19. The summed E-state index contributed by atoms with van der Waals surface area (Å²) in [6, 6.07) is -0.0229. The molecular formula is C23H22ClF2N7O2. The van der Waals surface area contributed by atoms with Crippen molar-refractivity contribution in [3.63, 3.8) is 0 Å². The van der Waals surface area contributed by atoms with E-state index in [0.717, 1.165) is 6.42 Å². The molecule has 2 aliphatic carbocycles. The van der Waals surface area contributed by atoms with E-state index in [2.05, 4.69) is 25.5 Å². The molecule has 0 aliphatic heterocycles. The molecule has 3 heterocycles. The number of hydrogen-bond acceptors (Lipinski definition) is 6. The predicted molar refractivity (Wildman–Crippen MR) is 127 cm³/mol. The standard InChI is InChI=1S/C23H22ClF2N7O2/c1-32(10-2-3-11(34)4-10)22-20(26)19(24)18(13-6-28-31-21(13)22)15-8-33-9-16(29-17(33)7-27-15)30-23(35)12-5-14(12)25/h6-12,14,34H,2-5H2,1H3,(H,28,31)(H,30,35)/t10-,11+,12?,14?/m1/s1. The highest BCUT2D eigenvalue weighted by molar-refractivity contribution is 6.35. The van der Waals surface area contributed by atoms with Gasteiger partial charge in [-0.1, -0.05) is 11.6 Å². The van der Waals surface area contributed by atoms with Crippen molar-refractivity contribution >= 4 is 45.6 Å². The van der Waals surface area contributed by atoms with Gasteiger partial charge in [0, 0.05) is 30.2 Å². The zero-order valence-corrected chi connectivity index (χ0v) is 19.4. The number of H-pyrrole nitrogens is 1. The number of carbonyl (C=O) groups excluding carboxylic acids is 1. The quantitative estimate of drug-likeness (QED) is 0.384. The summed E-state index contributed by atoms with van der Waals surface area (Å²) >= 11 is 6.58. The second-order valence-electron chi connectivity index (χ2n) is 9.25. The van der Waals surface area contributed by atoms with E-state index in [4.69, 9.17) is 11.6 Å². The monoisotopic (exact) mass is 501 g/mol. The topological polar surface area (TPSA) is 111 Å². The molecule has 182 valence electrons. The van der Waals surface area contributed by atoms with Crippen molar-refractivity contribution in [1.82, 2.24) is 24.6 Å². The molecule has 1 amide bonds. The number of halogens is 3. The number of amides is 1. The van der Waals surface area contributed by atoms with Crippen LogP contribution in [0.1, 0.15) is 25.7 Å². The number of rotatable bonds is 5. The van der Waals surface area contributed by atoms with Crippen LogP contribution in [0.25, 0.3) is 27.8 Å². The molecule has 2 unspecified atom stereocenters. The molecule has 2 fully saturated rings. The number of hydrogen-bond donors (Lipinski definition) is 3. The third-order valence-electron chi connectivity index (χ3n) is 6.94. The Morgan fingerprint density at radius 3 is 2.83 bits per heavy atom. The van der Waals surface area contributed by atoms with Crippen LogP contribution in [0.15, 0.2) is 24.8 Å². The minimum Gasteiger partial charge on any atom is -0.393 e. The minimum absolute atomic E-state index is 0.0229. The van der Waals surface area contributed by atoms with Crippen LogP contribution >= 0.6 is 11.6 Å². The Hall–Kier alpha value is -3.31. The molecule has 2 aliphatic rings. The summed E-state index contributed by atoms with van der Waals surface area (Å²) in [5.74, 6) is -1.37. The number of aromatic nitrogens is 5. The van der Waals surface area contributed by atoms with Gasteiger partial charge in [-0.3, -0.25) is 14.9 Å². The van der Waals surface area contributed by atoms with E-state index in [1.165, 1.54) is 6.20 Å². The van der Waals surface area contributed by atoms with Crippen LogP contribution in [-0.2, 0) is 4.79 Å². The number of fused-ring (bicyclic) bond motifs is 2. The number of nitrogens with one attached hydrogen (secondary N) is 2. The number of anilines is 2. The lowest BCUT2D eigenvalue weighted by Gasteiger charge is -2.28. The molecule has 0 spiro atoms. The molecular weight excluding hydrogens is 480 g/mol. The number of nitrogens with zero attached hydrogens (tertiary/aromatic N) is 5. The summed E-state index contributed by atoms with van der Waals surface area (Å²) < 4.78 is 30.5. The molecule has 2 saturated carbocycles. The van der Waals surface area contributed by atoms with Gasteiger partial charge in [0.15, 0.2) is 17.3 Å². The Kier molecular flexibility index (Phi) is 5.15. The van der Waals surface area contributed by atoms with Crippen molar-refractivity contribution in [2.75, 3.05) is 17.3 Å². The number of alkyl halides is 1. The lowest BCUT2D eigenvalue weighted by atomic mass is 10.0. The maximum atomic E-state index is 15.7. The molecule has 0 saturated heterocycles. The molecule has 0 radical (unpaired) electrons. The largest absolute Gasteiger partial charge is 0.393 e. The molecule has 3 aromatic heterocycles. The summed E-state index contributed by atoms with van der Waals surface area (Å²) in [6.45, 7) is 0. The lowest BCUT2D eigenvalue weighted by Crippen LogP contribution is -2.30. The average molecular weight is 502 g/mol. The SMILES string of the molecule is CN(c1c(F)c(Cl)c(-c2cn3cc(NC(=O)C4CC4F)nc3cn2)c2cn[nH]c12)[C@@H]1CC[C@H](O)C1. The number of aliphatic hydroxyl groups excluding tert-OH is 1. The summed E-state index contributed by atoms with van der Waals surface area (Å²) in [7, 11) is 1.79. The van der Waals surface area contributed by atoms with Crippen LogP contribution in [0.3, 0.4) is 0 Å². The van der Waals surface area contributed by atoms with Crippen molar-refractivity contribution in [1.29, 1.82) is 0 Å². The van der Waals surface area contributed by atoms with Crippen LogP contribution in [0.2, 0.25) is 5.02 Å². The number of carbonyl (C=O) groups is 1. The van der Waals surface area contributed by atoms with Crippen molar-refractivity contribution < 1.29 is 18.7 Å². The molecule has 12 heteroatoms. The third-order valence-corrected chi connectivity index (χ3v) is 7.30. The summed E-state index contributed by atoms with van der Waals surface area (Å²) in [6.07, 6.45) is 6.96. The molecule has 35 heavy (non-hydrogen) atoms. The van der Waals surface area contributed by atoms with Gasteiger partial charge in [0.2, 0.25) is 5.91 Å². The Bertz CT molecular complexity index is 1470. The predicted octanol–water partition coefficient (Wildman–Crippen LogP) is 3.71. The van der Waals surface area contributed by atoms with Gasteiger partial charge in [-0.2, -0.15) is 5.10 Å². The van der Waals surface area contributed by atoms with Gasteiger partial charge in [0.05, 0.1) is 46.8 Å². The molecule has 4 aromatic rings. The first kappa shape index (κ1) is 22.2. The maximum Gasteiger partial charge on any atom is 0.231 e. The Labute approximate surface area is 203 Å². The third kappa shape index (κ3) is 3.69. The minimum atomic E-state index is -1.10. The fraction of sp³-hybridized carbons (Fsp3) is 0.391. The van der Waals surface area contributed by atoms with Crippen molar-refractivity contribution in [3.8, 4) is 11.3 Å². The van der Waals surface area contributed by atoms with Crippen LogP contribution in [0.5, 0.6) is 0 Å². The number of imidazole rings is 1. The zero-order valence-electron chi connectivity index (χ0n) is 18.7. The highest BCUT2D eigenvalue weighted by atomic mass is 35.5. The second-order valence-corrected chi connectivity index (χ2v) is 9.63. The Morgan fingerprint density at radius 2 is 2.11 bits per heavy atom. The molecule has 3 N–H and O–H groups in total. The summed E-state index contributed by atoms with van der Waals surface area (Å²) in [5.41, 5.74) is 1.99. The molecule has 1 aromatic carbocycles. The van der Waals surface area contributed by atoms with E-state index < -0.39 is 29.9 Å². The van der Waals surface area contributed by atoms with E-state index in [-0.39, 0.29) is 23.3 Å². The van der Waals surface area contributed by atoms with Crippen LogP contribution < -0.4 is 10.2 Å². The molecule has 6 rings (SSSR count). The molecule has 9 nitrogen and oxygen atoms in total. The van der Waals surface area contributed by atoms with Crippen molar-refractivity contribution in [3.05, 3.63) is 35.6 Å². The van der Waals surface area contributed by atoms with E-state index in [1.54, 1.807) is 30.0 Å². The molecule has 4 atom stereocenters. The van der Waals surface area contributed by atoms with E-state index in [1.807, 2.05) is 4.90 Å². The van der Waals surface area contributed by atoms with Gasteiger partial charge in [-0.15, -0.1) is 0 Å². The van der Waals surface area contributed by atoms with Crippen LogP contribution in [-0.4, -0.2) is 60.9 Å². The van der Waals surface area contributed by atoms with Gasteiger partial charge < -0.3 is 19.7 Å². The smallest absolute Gasteiger partial charge is 0.231 e. The Balaban J connectivity index is 1.39. The Morgan fingerprint density at radius 1 is 1.31 bits per heavy atom. The summed E-state index contributed by atoms with van der Waals surface area (Å²) in [4.78, 5) is 22.6. The zero-order chi connectivity index (χ0) is 24.4. The van der Waals surface area contributed by atoms with Gasteiger partial charge in [0.25, 0.3) is 0 Å². The molecule has 0 bridgehead atoms. The van der Waals surface area contributed by atoms with Crippen molar-refractivity contribution in [2.24, 2.45) is 5.92 Å². The number of aromatic amines is 1. The number of benzene rings is 1. The highest BCUT2D eigenvalue weighted by Crippen LogP contribution is 2.43. The van der Waals surface area contributed by atoms with Gasteiger partial charge in [0.1, 0.15) is 11.9 Å². The normalized spacial score (nSPS) is 23.8. The second kappa shape index (κ2) is 8.13. The lowest BCUT2D eigenvalue weighted by molar-refractivity contribution is -0.117. The van der Waals surface area contributed by atoms with Crippen LogP contribution in [0.4, 0.5) is 20.3 Å². The maximum absolute atomic E-state index is 15.7. The van der Waals surface area contributed by atoms with Gasteiger partial charge >= 0.3 is 0 Å². The van der Waals surface area contributed by atoms with E-state index >= 15 is 4.39 Å².